The van der Waals surface area contributed by atoms with Crippen molar-refractivity contribution in [3.63, 3.8) is 0 Å². The Labute approximate surface area is 101 Å². The Hall–Kier alpha value is -2.64. The van der Waals surface area contributed by atoms with Crippen LogP contribution in [0.4, 0.5) is 0 Å². The fraction of sp³-hybridized carbons (Fsp3) is 0.200. The Morgan fingerprint density at radius 2 is 1.06 bits per heavy atom. The maximum atomic E-state index is 10.8. The van der Waals surface area contributed by atoms with E-state index in [2.05, 4.69) is 9.47 Å². The number of hydrogen-bond acceptors (Lipinski definition) is 6. The molecule has 8 nitrogen and oxygen atoms in total. The average molecular weight is 258 g/mol. The van der Waals surface area contributed by atoms with Gasteiger partial charge in [-0.15, -0.1) is 0 Å². The normalized spacial score (nSPS) is 10.4. The molecular formula is C10H10O8. The van der Waals surface area contributed by atoms with Crippen LogP contribution in [0.25, 0.3) is 0 Å². The molecule has 0 aliphatic rings. The van der Waals surface area contributed by atoms with E-state index in [-0.39, 0.29) is 13.2 Å². The minimum Gasteiger partial charge on any atom is -0.478 e. The molecular weight excluding hydrogens is 248 g/mol. The van der Waals surface area contributed by atoms with Crippen molar-refractivity contribution in [2.24, 2.45) is 0 Å². The van der Waals surface area contributed by atoms with E-state index in [1.54, 1.807) is 0 Å². The van der Waals surface area contributed by atoms with Crippen molar-refractivity contribution < 1.29 is 38.9 Å². The summed E-state index contributed by atoms with van der Waals surface area (Å²) in [6, 6.07) is 0. The van der Waals surface area contributed by atoms with Crippen LogP contribution in [-0.4, -0.2) is 47.3 Å². The molecule has 0 radical (unpaired) electrons. The molecule has 0 amide bonds. The van der Waals surface area contributed by atoms with Crippen molar-refractivity contribution in [2.75, 3.05) is 13.2 Å². The van der Waals surface area contributed by atoms with Gasteiger partial charge in [0.25, 0.3) is 0 Å². The molecule has 0 heterocycles. The number of carboxylic acid groups (broad SMARTS) is 2. The number of esters is 2. The van der Waals surface area contributed by atoms with Crippen LogP contribution >= 0.6 is 0 Å². The van der Waals surface area contributed by atoms with E-state index in [0.717, 1.165) is 0 Å². The SMILES string of the molecule is O=C(O)/C=C\C(=O)OCCOC(=O)/C=C/C(=O)O. The zero-order valence-corrected chi connectivity index (χ0v) is 9.07. The van der Waals surface area contributed by atoms with E-state index in [0.29, 0.717) is 24.3 Å². The molecule has 0 spiro atoms. The summed E-state index contributed by atoms with van der Waals surface area (Å²) in [7, 11) is 0. The van der Waals surface area contributed by atoms with E-state index >= 15 is 0 Å². The number of rotatable bonds is 7. The lowest BCUT2D eigenvalue weighted by Crippen LogP contribution is -2.11. The topological polar surface area (TPSA) is 127 Å². The Balaban J connectivity index is 3.74. The molecule has 0 aliphatic heterocycles. The second kappa shape index (κ2) is 8.50. The molecule has 98 valence electrons. The molecule has 0 aromatic carbocycles. The van der Waals surface area contributed by atoms with Crippen LogP contribution in [0.15, 0.2) is 24.3 Å². The summed E-state index contributed by atoms with van der Waals surface area (Å²) in [5, 5.41) is 16.4. The van der Waals surface area contributed by atoms with Crippen LogP contribution in [0.2, 0.25) is 0 Å². The third-order valence-electron chi connectivity index (χ3n) is 1.30. The summed E-state index contributed by atoms with van der Waals surface area (Å²) in [6.45, 7) is -0.537. The van der Waals surface area contributed by atoms with Gasteiger partial charge in [-0.1, -0.05) is 0 Å². The van der Waals surface area contributed by atoms with Gasteiger partial charge in [0.05, 0.1) is 0 Å². The molecule has 0 saturated carbocycles. The molecule has 0 aromatic heterocycles. The predicted molar refractivity (Wildman–Crippen MR) is 55.5 cm³/mol. The highest BCUT2D eigenvalue weighted by Crippen LogP contribution is 1.86. The molecule has 0 bridgehead atoms. The lowest BCUT2D eigenvalue weighted by Gasteiger charge is -2.02. The number of carbonyl (C=O) groups excluding carboxylic acids is 2. The van der Waals surface area contributed by atoms with E-state index in [1.807, 2.05) is 0 Å². The van der Waals surface area contributed by atoms with Gasteiger partial charge in [0, 0.05) is 24.3 Å². The average Bonchev–Trinajstić information content (AvgIpc) is 2.29. The second-order valence-electron chi connectivity index (χ2n) is 2.68. The summed E-state index contributed by atoms with van der Waals surface area (Å²) in [5.41, 5.74) is 0. The fourth-order valence-electron chi connectivity index (χ4n) is 0.659. The van der Waals surface area contributed by atoms with Crippen LogP contribution in [0.1, 0.15) is 0 Å². The quantitative estimate of drug-likeness (QED) is 0.350. The molecule has 0 aromatic rings. The second-order valence-corrected chi connectivity index (χ2v) is 2.68. The summed E-state index contributed by atoms with van der Waals surface area (Å²) >= 11 is 0. The molecule has 0 rings (SSSR count). The minimum absolute atomic E-state index is 0.268. The molecule has 0 unspecified atom stereocenters. The standard InChI is InChI=1S/C10H10O8/c11-7(12)1-3-9(15)17-5-6-18-10(16)4-2-8(13)14/h1-4H,5-6H2,(H,11,12)(H,13,14)/b3-1-,4-2+. The van der Waals surface area contributed by atoms with Crippen LogP contribution in [0.5, 0.6) is 0 Å². The van der Waals surface area contributed by atoms with Crippen LogP contribution in [-0.2, 0) is 28.7 Å². The van der Waals surface area contributed by atoms with Crippen molar-refractivity contribution in [1.29, 1.82) is 0 Å². The van der Waals surface area contributed by atoms with Crippen molar-refractivity contribution in [1.82, 2.24) is 0 Å². The monoisotopic (exact) mass is 258 g/mol. The van der Waals surface area contributed by atoms with Gasteiger partial charge in [0.1, 0.15) is 13.2 Å². The van der Waals surface area contributed by atoms with Gasteiger partial charge in [0.15, 0.2) is 0 Å². The van der Waals surface area contributed by atoms with Gasteiger partial charge >= 0.3 is 23.9 Å². The number of carbonyl (C=O) groups is 4. The summed E-state index contributed by atoms with van der Waals surface area (Å²) in [5.74, 6) is -4.38. The first-order chi connectivity index (χ1) is 8.41. The summed E-state index contributed by atoms with van der Waals surface area (Å²) in [4.78, 5) is 41.7. The third kappa shape index (κ3) is 9.90. The highest BCUT2D eigenvalue weighted by Gasteiger charge is 2.01. The van der Waals surface area contributed by atoms with E-state index < -0.39 is 23.9 Å². The Morgan fingerprint density at radius 3 is 1.33 bits per heavy atom. The van der Waals surface area contributed by atoms with Gasteiger partial charge in [-0.2, -0.15) is 0 Å². The van der Waals surface area contributed by atoms with Gasteiger partial charge in [-0.05, 0) is 0 Å². The lowest BCUT2D eigenvalue weighted by atomic mass is 10.5. The van der Waals surface area contributed by atoms with Crippen molar-refractivity contribution in [3.8, 4) is 0 Å². The molecule has 18 heavy (non-hydrogen) atoms. The van der Waals surface area contributed by atoms with Crippen molar-refractivity contribution in [2.45, 2.75) is 0 Å². The van der Waals surface area contributed by atoms with Crippen molar-refractivity contribution in [3.05, 3.63) is 24.3 Å². The highest BCUT2D eigenvalue weighted by atomic mass is 16.6. The molecule has 2 N–H and O–H groups in total. The van der Waals surface area contributed by atoms with Crippen LogP contribution < -0.4 is 0 Å². The number of ether oxygens (including phenoxy) is 2. The van der Waals surface area contributed by atoms with Gasteiger partial charge < -0.3 is 19.7 Å². The lowest BCUT2D eigenvalue weighted by molar-refractivity contribution is -0.146. The van der Waals surface area contributed by atoms with Crippen LogP contribution in [0.3, 0.4) is 0 Å². The van der Waals surface area contributed by atoms with E-state index in [1.165, 1.54) is 0 Å². The highest BCUT2D eigenvalue weighted by molar-refractivity contribution is 5.91. The van der Waals surface area contributed by atoms with Gasteiger partial charge in [0.2, 0.25) is 0 Å². The Bertz CT molecular complexity index is 355. The van der Waals surface area contributed by atoms with Crippen molar-refractivity contribution >= 4 is 23.9 Å². The first-order valence-electron chi connectivity index (χ1n) is 4.57. The van der Waals surface area contributed by atoms with Crippen LogP contribution in [0, 0.1) is 0 Å². The molecule has 0 fully saturated rings. The van der Waals surface area contributed by atoms with E-state index in [9.17, 15) is 19.2 Å². The molecule has 0 atom stereocenters. The first kappa shape index (κ1) is 15.4. The van der Waals surface area contributed by atoms with Gasteiger partial charge in [-0.25, -0.2) is 19.2 Å². The maximum Gasteiger partial charge on any atom is 0.331 e. The van der Waals surface area contributed by atoms with E-state index in [4.69, 9.17) is 10.2 Å². The van der Waals surface area contributed by atoms with Gasteiger partial charge in [-0.3, -0.25) is 0 Å². The number of hydrogen-bond donors (Lipinski definition) is 2. The maximum absolute atomic E-state index is 10.8. The largest absolute Gasteiger partial charge is 0.478 e. The summed E-state index contributed by atoms with van der Waals surface area (Å²) < 4.78 is 8.92. The number of carboxylic acids is 2. The first-order valence-corrected chi connectivity index (χ1v) is 4.57. The Kier molecular flexibility index (Phi) is 7.26. The third-order valence-corrected chi connectivity index (χ3v) is 1.30. The predicted octanol–water partition coefficient (Wildman–Crippen LogP) is -0.646. The minimum atomic E-state index is -1.29. The smallest absolute Gasteiger partial charge is 0.331 e. The molecule has 0 saturated heterocycles. The fourth-order valence-corrected chi connectivity index (χ4v) is 0.659. The molecule has 0 aliphatic carbocycles. The molecule has 8 heteroatoms. The zero-order valence-electron chi connectivity index (χ0n) is 9.07. The Morgan fingerprint density at radius 1 is 0.722 bits per heavy atom. The number of aliphatic carboxylic acids is 2. The zero-order chi connectivity index (χ0) is 14.0. The summed E-state index contributed by atoms with van der Waals surface area (Å²) in [6.07, 6.45) is 2.61.